The standard InChI is InChI=1S/C28H48O2/c1-18(8-7-14-26(2,3)4)21-11-12-22-20-16-25(30)24-10-9-19(29)17-28(24,6)23(20)13-15-27(21,22)5/h18-24,29H,7-17H2,1-6H3/t18-,19+,20+,21-,22+,23+,24-,27-,28-/m1/s1. The van der Waals surface area contributed by atoms with Crippen molar-refractivity contribution in [3.05, 3.63) is 0 Å². The van der Waals surface area contributed by atoms with Gasteiger partial charge in [-0.15, -0.1) is 0 Å². The third-order valence-electron chi connectivity index (χ3n) is 10.7. The van der Waals surface area contributed by atoms with Crippen molar-refractivity contribution in [3.63, 3.8) is 0 Å². The van der Waals surface area contributed by atoms with Crippen LogP contribution >= 0.6 is 0 Å². The molecule has 0 spiro atoms. The Labute approximate surface area is 186 Å². The maximum absolute atomic E-state index is 13.3. The number of carbonyl (C=O) groups is 1. The van der Waals surface area contributed by atoms with E-state index in [4.69, 9.17) is 0 Å². The Morgan fingerprint density at radius 1 is 1.03 bits per heavy atom. The molecule has 4 rings (SSSR count). The van der Waals surface area contributed by atoms with Crippen LogP contribution in [0.25, 0.3) is 0 Å². The minimum atomic E-state index is -0.190. The van der Waals surface area contributed by atoms with Crippen LogP contribution in [0.3, 0.4) is 0 Å². The van der Waals surface area contributed by atoms with E-state index in [0.717, 1.165) is 43.4 Å². The fourth-order valence-corrected chi connectivity index (χ4v) is 9.28. The molecule has 0 amide bonds. The SMILES string of the molecule is C[C@H](CCCC(C)(C)C)[C@H]1CC[C@H]2[C@@H]3CC(=O)[C@H]4CC[C@H](O)C[C@]4(C)[C@H]3CC[C@]12C. The Hall–Kier alpha value is -0.370. The quantitative estimate of drug-likeness (QED) is 0.533. The van der Waals surface area contributed by atoms with E-state index in [0.29, 0.717) is 28.4 Å². The smallest absolute Gasteiger partial charge is 0.136 e. The molecular formula is C28H48O2. The molecule has 9 atom stereocenters. The van der Waals surface area contributed by atoms with Crippen LogP contribution in [-0.4, -0.2) is 17.0 Å². The van der Waals surface area contributed by atoms with E-state index >= 15 is 0 Å². The first-order chi connectivity index (χ1) is 14.0. The summed E-state index contributed by atoms with van der Waals surface area (Å²) in [7, 11) is 0. The van der Waals surface area contributed by atoms with Gasteiger partial charge in [-0.2, -0.15) is 0 Å². The van der Waals surface area contributed by atoms with E-state index in [1.165, 1.54) is 44.9 Å². The Morgan fingerprint density at radius 2 is 1.73 bits per heavy atom. The van der Waals surface area contributed by atoms with Gasteiger partial charge in [0, 0.05) is 12.3 Å². The summed E-state index contributed by atoms with van der Waals surface area (Å²) in [5.41, 5.74) is 0.924. The Balaban J connectivity index is 1.50. The first-order valence-corrected chi connectivity index (χ1v) is 13.2. The average Bonchev–Trinajstić information content (AvgIpc) is 2.97. The molecule has 0 unspecified atom stereocenters. The summed E-state index contributed by atoms with van der Waals surface area (Å²) in [4.78, 5) is 13.3. The van der Waals surface area contributed by atoms with E-state index < -0.39 is 0 Å². The predicted molar refractivity (Wildman–Crippen MR) is 124 cm³/mol. The van der Waals surface area contributed by atoms with Crippen LogP contribution < -0.4 is 0 Å². The molecule has 4 aliphatic carbocycles. The van der Waals surface area contributed by atoms with Gasteiger partial charge in [0.1, 0.15) is 5.78 Å². The van der Waals surface area contributed by atoms with Gasteiger partial charge in [0.05, 0.1) is 6.10 Å². The van der Waals surface area contributed by atoms with Crippen LogP contribution in [0.5, 0.6) is 0 Å². The average molecular weight is 417 g/mol. The first kappa shape index (κ1) is 22.8. The van der Waals surface area contributed by atoms with Crippen molar-refractivity contribution in [2.75, 3.05) is 0 Å². The van der Waals surface area contributed by atoms with Crippen LogP contribution in [0.2, 0.25) is 0 Å². The normalized spacial score (nSPS) is 47.4. The molecular weight excluding hydrogens is 368 g/mol. The zero-order valence-corrected chi connectivity index (χ0v) is 20.7. The minimum absolute atomic E-state index is 0.0510. The topological polar surface area (TPSA) is 37.3 Å². The summed E-state index contributed by atoms with van der Waals surface area (Å²) in [6.07, 6.45) is 12.7. The predicted octanol–water partition coefficient (Wildman–Crippen LogP) is 7.04. The largest absolute Gasteiger partial charge is 0.393 e. The lowest BCUT2D eigenvalue weighted by atomic mass is 9.44. The van der Waals surface area contributed by atoms with Crippen molar-refractivity contribution in [2.45, 2.75) is 118 Å². The highest BCUT2D eigenvalue weighted by Gasteiger charge is 2.62. The summed E-state index contributed by atoms with van der Waals surface area (Å²) in [6, 6.07) is 0. The van der Waals surface area contributed by atoms with Gasteiger partial charge in [-0.05, 0) is 97.2 Å². The van der Waals surface area contributed by atoms with Gasteiger partial charge in [0.2, 0.25) is 0 Å². The van der Waals surface area contributed by atoms with Crippen molar-refractivity contribution in [2.24, 2.45) is 51.8 Å². The fraction of sp³-hybridized carbons (Fsp3) is 0.964. The van der Waals surface area contributed by atoms with Crippen LogP contribution in [0.15, 0.2) is 0 Å². The van der Waals surface area contributed by atoms with E-state index in [2.05, 4.69) is 41.5 Å². The highest BCUT2D eigenvalue weighted by molar-refractivity contribution is 5.83. The molecule has 4 fully saturated rings. The molecule has 0 radical (unpaired) electrons. The lowest BCUT2D eigenvalue weighted by Crippen LogP contribution is -2.57. The molecule has 0 aliphatic heterocycles. The summed E-state index contributed by atoms with van der Waals surface area (Å²) in [5, 5.41) is 10.5. The number of Topliss-reactive ketones (excluding diaryl/α,β-unsaturated/α-hetero) is 1. The molecule has 0 aromatic carbocycles. The van der Waals surface area contributed by atoms with Crippen molar-refractivity contribution < 1.29 is 9.90 Å². The highest BCUT2D eigenvalue weighted by Crippen LogP contribution is 2.67. The Bertz CT molecular complexity index is 648. The fourth-order valence-electron chi connectivity index (χ4n) is 9.28. The van der Waals surface area contributed by atoms with Gasteiger partial charge in [-0.25, -0.2) is 0 Å². The minimum Gasteiger partial charge on any atom is -0.393 e. The van der Waals surface area contributed by atoms with E-state index in [1.807, 2.05) is 0 Å². The third-order valence-corrected chi connectivity index (χ3v) is 10.7. The van der Waals surface area contributed by atoms with E-state index in [9.17, 15) is 9.90 Å². The summed E-state index contributed by atoms with van der Waals surface area (Å²) >= 11 is 0. The van der Waals surface area contributed by atoms with Gasteiger partial charge < -0.3 is 5.11 Å². The first-order valence-electron chi connectivity index (χ1n) is 13.2. The van der Waals surface area contributed by atoms with Crippen LogP contribution in [0.1, 0.15) is 112 Å². The Kier molecular flexibility index (Phi) is 6.00. The van der Waals surface area contributed by atoms with Gasteiger partial charge in [0.25, 0.3) is 0 Å². The molecule has 1 N–H and O–H groups in total. The van der Waals surface area contributed by atoms with E-state index in [-0.39, 0.29) is 17.4 Å². The van der Waals surface area contributed by atoms with Crippen LogP contribution in [-0.2, 0) is 4.79 Å². The van der Waals surface area contributed by atoms with Crippen molar-refractivity contribution >= 4 is 5.78 Å². The molecule has 0 aromatic heterocycles. The van der Waals surface area contributed by atoms with Crippen molar-refractivity contribution in [1.82, 2.24) is 0 Å². The maximum atomic E-state index is 13.3. The molecule has 0 saturated heterocycles. The maximum Gasteiger partial charge on any atom is 0.136 e. The number of hydrogen-bond donors (Lipinski definition) is 1. The number of aliphatic hydroxyl groups is 1. The van der Waals surface area contributed by atoms with Gasteiger partial charge in [0.15, 0.2) is 0 Å². The second kappa shape index (κ2) is 7.89. The third kappa shape index (κ3) is 3.82. The van der Waals surface area contributed by atoms with E-state index in [1.54, 1.807) is 0 Å². The Morgan fingerprint density at radius 3 is 2.43 bits per heavy atom. The van der Waals surface area contributed by atoms with Crippen molar-refractivity contribution in [1.29, 1.82) is 0 Å². The monoisotopic (exact) mass is 416 g/mol. The summed E-state index contributed by atoms with van der Waals surface area (Å²) in [5.74, 6) is 4.36. The number of carbonyl (C=O) groups excluding carboxylic acids is 1. The van der Waals surface area contributed by atoms with Crippen LogP contribution in [0.4, 0.5) is 0 Å². The number of fused-ring (bicyclic) bond motifs is 5. The summed E-state index contributed by atoms with van der Waals surface area (Å²) in [6.45, 7) is 14.6. The lowest BCUT2D eigenvalue weighted by Gasteiger charge is -2.60. The molecule has 2 nitrogen and oxygen atoms in total. The number of aliphatic hydroxyl groups excluding tert-OH is 1. The molecule has 172 valence electrons. The zero-order valence-electron chi connectivity index (χ0n) is 20.7. The summed E-state index contributed by atoms with van der Waals surface area (Å²) < 4.78 is 0. The highest BCUT2D eigenvalue weighted by atomic mass is 16.3. The zero-order chi connectivity index (χ0) is 21.9. The van der Waals surface area contributed by atoms with Crippen molar-refractivity contribution in [3.8, 4) is 0 Å². The van der Waals surface area contributed by atoms with Gasteiger partial charge >= 0.3 is 0 Å². The van der Waals surface area contributed by atoms with Crippen LogP contribution in [0, 0.1) is 51.8 Å². The molecule has 4 saturated carbocycles. The molecule has 30 heavy (non-hydrogen) atoms. The number of ketones is 1. The van der Waals surface area contributed by atoms with Gasteiger partial charge in [-0.1, -0.05) is 54.4 Å². The molecule has 4 aliphatic rings. The lowest BCUT2D eigenvalue weighted by molar-refractivity contribution is -0.160. The molecule has 0 bridgehead atoms. The number of rotatable bonds is 4. The molecule has 0 aromatic rings. The van der Waals surface area contributed by atoms with Gasteiger partial charge in [-0.3, -0.25) is 4.79 Å². The second-order valence-corrected chi connectivity index (χ2v) is 13.7. The second-order valence-electron chi connectivity index (χ2n) is 13.7. The molecule has 0 heterocycles. The number of hydrogen-bond acceptors (Lipinski definition) is 2. The molecule has 2 heteroatoms.